The molecular formula is C6H7N3OS. The van der Waals surface area contributed by atoms with Gasteiger partial charge in [0.25, 0.3) is 0 Å². The Hall–Kier alpha value is -1.10. The fraction of sp³-hybridized carbons (Fsp3) is 0.333. The molecule has 2 aliphatic heterocycles. The summed E-state index contributed by atoms with van der Waals surface area (Å²) in [6.07, 6.45) is 3.53. The largest absolute Gasteiger partial charge is 0.371 e. The van der Waals surface area contributed by atoms with Crippen LogP contribution in [-0.2, 0) is 4.79 Å². The van der Waals surface area contributed by atoms with Gasteiger partial charge in [0, 0.05) is 0 Å². The Balaban J connectivity index is 2.21. The average molecular weight is 169 g/mol. The van der Waals surface area contributed by atoms with E-state index >= 15 is 0 Å². The molecule has 3 N–H and O–H groups in total. The number of carbonyl (C=O) groups excluding carboxylic acids is 1. The molecule has 0 radical (unpaired) electrons. The van der Waals surface area contributed by atoms with Crippen LogP contribution in [0.1, 0.15) is 0 Å². The summed E-state index contributed by atoms with van der Waals surface area (Å²) in [7, 11) is 0. The Bertz CT molecular complexity index is 250. The lowest BCUT2D eigenvalue weighted by molar-refractivity contribution is -0.123. The van der Waals surface area contributed by atoms with Crippen molar-refractivity contribution >= 4 is 23.2 Å². The highest BCUT2D eigenvalue weighted by Crippen LogP contribution is 2.12. The average Bonchev–Trinajstić information content (AvgIpc) is 2.34. The molecule has 1 saturated heterocycles. The van der Waals surface area contributed by atoms with E-state index < -0.39 is 0 Å². The van der Waals surface area contributed by atoms with Crippen LogP contribution in [0, 0.1) is 5.92 Å². The second-order valence-electron chi connectivity index (χ2n) is 2.49. The molecule has 11 heavy (non-hydrogen) atoms. The van der Waals surface area contributed by atoms with E-state index in [0.29, 0.717) is 5.11 Å². The van der Waals surface area contributed by atoms with Crippen LogP contribution < -0.4 is 16.0 Å². The Morgan fingerprint density at radius 2 is 2.36 bits per heavy atom. The molecule has 2 heterocycles. The van der Waals surface area contributed by atoms with Crippen molar-refractivity contribution in [3.05, 3.63) is 12.3 Å². The molecule has 58 valence electrons. The molecule has 5 heteroatoms. The summed E-state index contributed by atoms with van der Waals surface area (Å²) in [6, 6.07) is 0. The zero-order valence-corrected chi connectivity index (χ0v) is 6.44. The lowest BCUT2D eigenvalue weighted by atomic mass is 10.1. The molecular weight excluding hydrogens is 162 g/mol. The molecule has 1 fully saturated rings. The molecule has 4 nitrogen and oxygen atoms in total. The zero-order valence-electron chi connectivity index (χ0n) is 5.63. The fourth-order valence-electron chi connectivity index (χ4n) is 1.22. The standard InChI is InChI=1S/C6H7N3OS/c10-5-3-1-2-7-4(3)8-6(11)9-5/h1-4,7H,(H2,8,9,10,11). The topological polar surface area (TPSA) is 53.2 Å². The second kappa shape index (κ2) is 2.20. The Kier molecular flexibility index (Phi) is 1.32. The van der Waals surface area contributed by atoms with Crippen molar-refractivity contribution in [3.63, 3.8) is 0 Å². The zero-order chi connectivity index (χ0) is 7.84. The number of hydrogen-bond acceptors (Lipinski definition) is 3. The molecule has 2 aliphatic rings. The van der Waals surface area contributed by atoms with Crippen LogP contribution in [0.2, 0.25) is 0 Å². The molecule has 1 amide bonds. The molecule has 0 aromatic carbocycles. The summed E-state index contributed by atoms with van der Waals surface area (Å²) in [6.45, 7) is 0. The number of hydrogen-bond donors (Lipinski definition) is 3. The van der Waals surface area contributed by atoms with E-state index in [4.69, 9.17) is 12.2 Å². The molecule has 2 rings (SSSR count). The van der Waals surface area contributed by atoms with Gasteiger partial charge in [0.1, 0.15) is 6.17 Å². The number of amides is 1. The lowest BCUT2D eigenvalue weighted by Crippen LogP contribution is -2.59. The minimum Gasteiger partial charge on any atom is -0.371 e. The molecule has 0 aliphatic carbocycles. The van der Waals surface area contributed by atoms with Crippen molar-refractivity contribution in [3.8, 4) is 0 Å². The Labute approximate surface area is 69.0 Å². The van der Waals surface area contributed by atoms with Crippen molar-refractivity contribution in [2.75, 3.05) is 0 Å². The van der Waals surface area contributed by atoms with Gasteiger partial charge in [-0.3, -0.25) is 4.79 Å². The van der Waals surface area contributed by atoms with Gasteiger partial charge in [0.15, 0.2) is 5.11 Å². The fourth-order valence-corrected chi connectivity index (χ4v) is 1.45. The van der Waals surface area contributed by atoms with Gasteiger partial charge in [-0.05, 0) is 18.4 Å². The first-order valence-electron chi connectivity index (χ1n) is 3.31. The summed E-state index contributed by atoms with van der Waals surface area (Å²) in [5.41, 5.74) is 0. The van der Waals surface area contributed by atoms with Crippen LogP contribution >= 0.6 is 12.2 Å². The molecule has 0 aromatic rings. The van der Waals surface area contributed by atoms with Crippen molar-refractivity contribution in [1.29, 1.82) is 0 Å². The molecule has 0 saturated carbocycles. The molecule has 0 aromatic heterocycles. The second-order valence-corrected chi connectivity index (χ2v) is 2.90. The maximum absolute atomic E-state index is 11.2. The van der Waals surface area contributed by atoms with Gasteiger partial charge < -0.3 is 16.0 Å². The predicted molar refractivity (Wildman–Crippen MR) is 43.4 cm³/mol. The summed E-state index contributed by atoms with van der Waals surface area (Å²) in [4.78, 5) is 11.2. The first-order valence-corrected chi connectivity index (χ1v) is 3.72. The van der Waals surface area contributed by atoms with Gasteiger partial charge in [-0.25, -0.2) is 0 Å². The normalized spacial score (nSPS) is 33.8. The maximum atomic E-state index is 11.2. The van der Waals surface area contributed by atoms with E-state index in [2.05, 4.69) is 16.0 Å². The van der Waals surface area contributed by atoms with E-state index in [1.165, 1.54) is 0 Å². The van der Waals surface area contributed by atoms with Crippen molar-refractivity contribution < 1.29 is 4.79 Å². The molecule has 2 unspecified atom stereocenters. The van der Waals surface area contributed by atoms with E-state index in [1.807, 2.05) is 6.08 Å². The van der Waals surface area contributed by atoms with Gasteiger partial charge >= 0.3 is 0 Å². The number of fused-ring (bicyclic) bond motifs is 1. The van der Waals surface area contributed by atoms with Crippen molar-refractivity contribution in [2.45, 2.75) is 6.17 Å². The highest BCUT2D eigenvalue weighted by Gasteiger charge is 2.33. The molecule has 0 bridgehead atoms. The SMILES string of the molecule is O=C1NC(=S)NC2NC=CC12. The number of carbonyl (C=O) groups is 1. The highest BCUT2D eigenvalue weighted by molar-refractivity contribution is 7.80. The maximum Gasteiger partial charge on any atom is 0.237 e. The summed E-state index contributed by atoms with van der Waals surface area (Å²) in [5, 5.41) is 8.85. The van der Waals surface area contributed by atoms with Gasteiger partial charge in [0.2, 0.25) is 5.91 Å². The number of rotatable bonds is 0. The first-order chi connectivity index (χ1) is 5.27. The van der Waals surface area contributed by atoms with E-state index in [-0.39, 0.29) is 18.0 Å². The van der Waals surface area contributed by atoms with Gasteiger partial charge in [-0.1, -0.05) is 6.08 Å². The summed E-state index contributed by atoms with van der Waals surface area (Å²) < 4.78 is 0. The van der Waals surface area contributed by atoms with E-state index in [1.54, 1.807) is 6.20 Å². The van der Waals surface area contributed by atoms with Crippen molar-refractivity contribution in [2.24, 2.45) is 5.92 Å². The van der Waals surface area contributed by atoms with E-state index in [0.717, 1.165) is 0 Å². The van der Waals surface area contributed by atoms with Gasteiger partial charge in [-0.2, -0.15) is 0 Å². The smallest absolute Gasteiger partial charge is 0.237 e. The quantitative estimate of drug-likeness (QED) is 0.409. The number of nitrogens with one attached hydrogen (secondary N) is 3. The molecule has 0 spiro atoms. The third-order valence-corrected chi connectivity index (χ3v) is 1.98. The highest BCUT2D eigenvalue weighted by atomic mass is 32.1. The van der Waals surface area contributed by atoms with Gasteiger partial charge in [0.05, 0.1) is 5.92 Å². The van der Waals surface area contributed by atoms with E-state index in [9.17, 15) is 4.79 Å². The summed E-state index contributed by atoms with van der Waals surface area (Å²) >= 11 is 4.80. The third kappa shape index (κ3) is 0.970. The van der Waals surface area contributed by atoms with Crippen LogP contribution in [0.3, 0.4) is 0 Å². The lowest BCUT2D eigenvalue weighted by Gasteiger charge is -2.27. The predicted octanol–water partition coefficient (Wildman–Crippen LogP) is -0.950. The molecule has 2 atom stereocenters. The number of thiocarbonyl (C=S) groups is 1. The third-order valence-electron chi connectivity index (χ3n) is 1.76. The van der Waals surface area contributed by atoms with Crippen LogP contribution in [0.15, 0.2) is 12.3 Å². The van der Waals surface area contributed by atoms with Crippen LogP contribution in [0.4, 0.5) is 0 Å². The summed E-state index contributed by atoms with van der Waals surface area (Å²) in [5.74, 6) is -0.165. The van der Waals surface area contributed by atoms with Crippen LogP contribution in [-0.4, -0.2) is 17.2 Å². The monoisotopic (exact) mass is 169 g/mol. The van der Waals surface area contributed by atoms with Gasteiger partial charge in [-0.15, -0.1) is 0 Å². The van der Waals surface area contributed by atoms with Crippen molar-refractivity contribution in [1.82, 2.24) is 16.0 Å². The first kappa shape index (κ1) is 6.60. The van der Waals surface area contributed by atoms with Crippen LogP contribution in [0.25, 0.3) is 0 Å². The Morgan fingerprint density at radius 1 is 1.55 bits per heavy atom. The van der Waals surface area contributed by atoms with Crippen LogP contribution in [0.5, 0.6) is 0 Å². The minimum absolute atomic E-state index is 0.0417. The minimum atomic E-state index is -0.123. The Morgan fingerprint density at radius 3 is 3.18 bits per heavy atom.